The fourth-order valence-electron chi connectivity index (χ4n) is 2.43. The largest absolute Gasteiger partial charge is 1.00 e. The van der Waals surface area contributed by atoms with E-state index in [1.165, 1.54) is 6.07 Å². The zero-order chi connectivity index (χ0) is 16.4. The van der Waals surface area contributed by atoms with Gasteiger partial charge < -0.3 is 19.1 Å². The minimum absolute atomic E-state index is 0. The monoisotopic (exact) mass is 332 g/mol. The molecule has 0 N–H and O–H groups in total. The number of ether oxygens (including phenoxy) is 1. The average molecular weight is 332 g/mol. The zero-order valence-corrected chi connectivity index (χ0v) is 15.4. The first-order valence-electron chi connectivity index (χ1n) is 6.98. The number of hydrogen-bond acceptors (Lipinski definition) is 5. The Kier molecular flexibility index (Phi) is 5.83. The summed E-state index contributed by atoms with van der Waals surface area (Å²) in [5, 5.41) is 11.2. The van der Waals surface area contributed by atoms with E-state index in [2.05, 4.69) is 0 Å². The van der Waals surface area contributed by atoms with Crippen LogP contribution in [0.4, 0.5) is 0 Å². The van der Waals surface area contributed by atoms with E-state index in [1.54, 1.807) is 49.6 Å². The van der Waals surface area contributed by atoms with Gasteiger partial charge in [-0.25, -0.2) is 0 Å². The van der Waals surface area contributed by atoms with E-state index in [0.717, 1.165) is 0 Å². The first-order chi connectivity index (χ1) is 11.1. The van der Waals surface area contributed by atoms with Crippen molar-refractivity contribution in [1.29, 1.82) is 0 Å². The van der Waals surface area contributed by atoms with Crippen molar-refractivity contribution in [2.45, 2.75) is 6.42 Å². The minimum Gasteiger partial charge on any atom is -0.550 e. The minimum atomic E-state index is -1.23. The van der Waals surface area contributed by atoms with Gasteiger partial charge in [0.05, 0.1) is 12.5 Å². The molecule has 0 radical (unpaired) electrons. The van der Waals surface area contributed by atoms with Crippen molar-refractivity contribution in [3.8, 4) is 17.1 Å². The van der Waals surface area contributed by atoms with Crippen LogP contribution in [0, 0.1) is 0 Å². The van der Waals surface area contributed by atoms with Crippen molar-refractivity contribution < 1.29 is 48.6 Å². The summed E-state index contributed by atoms with van der Waals surface area (Å²) >= 11 is 0. The van der Waals surface area contributed by atoms with Crippen LogP contribution in [0.15, 0.2) is 57.7 Å². The molecule has 3 aromatic rings. The second-order valence-corrected chi connectivity index (χ2v) is 5.05. The molecule has 0 atom stereocenters. The summed E-state index contributed by atoms with van der Waals surface area (Å²) in [6.45, 7) is 0. The van der Waals surface area contributed by atoms with E-state index in [0.29, 0.717) is 28.0 Å². The van der Waals surface area contributed by atoms with Crippen LogP contribution in [0.2, 0.25) is 0 Å². The molecule has 0 aliphatic rings. The van der Waals surface area contributed by atoms with Gasteiger partial charge in [0.2, 0.25) is 0 Å². The van der Waals surface area contributed by atoms with Crippen molar-refractivity contribution in [2.24, 2.45) is 0 Å². The Morgan fingerprint density at radius 1 is 1.17 bits per heavy atom. The number of rotatable bonds is 4. The van der Waals surface area contributed by atoms with Crippen LogP contribution in [0.25, 0.3) is 22.3 Å². The standard InChI is InChI=1S/C18H14O5.Na/c1-22-13-7-5-11(6-8-13)16-10-15(19)14-4-2-3-12(9-17(20)21)18(14)23-16;/h2-8,10H,9H2,1H3,(H,20,21);/q;+1/p-1. The Morgan fingerprint density at radius 3 is 2.50 bits per heavy atom. The molecule has 2 aromatic carbocycles. The average Bonchev–Trinajstić information content (AvgIpc) is 2.55. The summed E-state index contributed by atoms with van der Waals surface area (Å²) in [5.74, 6) is -0.166. The third-order valence-corrected chi connectivity index (χ3v) is 3.55. The van der Waals surface area contributed by atoms with E-state index in [9.17, 15) is 14.7 Å². The fraction of sp³-hybridized carbons (Fsp3) is 0.111. The van der Waals surface area contributed by atoms with Gasteiger partial charge in [-0.1, -0.05) is 12.1 Å². The second kappa shape index (κ2) is 7.66. The van der Waals surface area contributed by atoms with Crippen LogP contribution in [0.1, 0.15) is 5.56 Å². The topological polar surface area (TPSA) is 79.6 Å². The Morgan fingerprint density at radius 2 is 1.88 bits per heavy atom. The Balaban J connectivity index is 0.00000208. The number of aliphatic carboxylic acids is 1. The van der Waals surface area contributed by atoms with Crippen LogP contribution in [0.5, 0.6) is 5.75 Å². The molecular weight excluding hydrogens is 319 g/mol. The number of carbonyl (C=O) groups is 1. The second-order valence-electron chi connectivity index (χ2n) is 5.05. The summed E-state index contributed by atoms with van der Waals surface area (Å²) in [6.07, 6.45) is -0.313. The normalized spacial score (nSPS) is 10.2. The number of carbonyl (C=O) groups excluding carboxylic acids is 1. The van der Waals surface area contributed by atoms with Gasteiger partial charge in [0, 0.05) is 29.6 Å². The number of benzene rings is 2. The summed E-state index contributed by atoms with van der Waals surface area (Å²) < 4.78 is 10.9. The maximum absolute atomic E-state index is 12.3. The molecular formula is C18H13NaO5. The summed E-state index contributed by atoms with van der Waals surface area (Å²) in [4.78, 5) is 23.2. The summed E-state index contributed by atoms with van der Waals surface area (Å²) in [6, 6.07) is 13.3. The molecule has 0 saturated carbocycles. The van der Waals surface area contributed by atoms with E-state index in [4.69, 9.17) is 9.15 Å². The van der Waals surface area contributed by atoms with Gasteiger partial charge in [-0.05, 0) is 30.3 Å². The molecule has 3 rings (SSSR count). The first-order valence-corrected chi connectivity index (χ1v) is 6.98. The van der Waals surface area contributed by atoms with Crippen LogP contribution >= 0.6 is 0 Å². The molecule has 0 aliphatic carbocycles. The molecule has 116 valence electrons. The number of carboxylic acid groups (broad SMARTS) is 1. The molecule has 0 saturated heterocycles. The summed E-state index contributed by atoms with van der Waals surface area (Å²) in [7, 11) is 1.57. The number of fused-ring (bicyclic) bond motifs is 1. The van der Waals surface area contributed by atoms with Crippen molar-refractivity contribution in [3.63, 3.8) is 0 Å². The van der Waals surface area contributed by atoms with E-state index < -0.39 is 5.97 Å². The predicted molar refractivity (Wildman–Crippen MR) is 83.2 cm³/mol. The smallest absolute Gasteiger partial charge is 0.550 e. The van der Waals surface area contributed by atoms with Gasteiger partial charge in [0.25, 0.3) is 0 Å². The van der Waals surface area contributed by atoms with Gasteiger partial charge in [0.15, 0.2) is 5.43 Å². The maximum atomic E-state index is 12.3. The number of hydrogen-bond donors (Lipinski definition) is 0. The molecule has 0 fully saturated rings. The molecule has 6 heteroatoms. The Labute approximate surface area is 160 Å². The molecule has 0 bridgehead atoms. The third kappa shape index (κ3) is 3.70. The molecule has 0 unspecified atom stereocenters. The number of methoxy groups -OCH3 is 1. The van der Waals surface area contributed by atoms with Crippen molar-refractivity contribution in [3.05, 3.63) is 64.3 Å². The zero-order valence-electron chi connectivity index (χ0n) is 13.4. The van der Waals surface area contributed by atoms with Gasteiger partial charge in [-0.15, -0.1) is 0 Å². The maximum Gasteiger partial charge on any atom is 1.00 e. The predicted octanol–water partition coefficient (Wildman–Crippen LogP) is -1.23. The van der Waals surface area contributed by atoms with Crippen LogP contribution in [-0.2, 0) is 11.2 Å². The van der Waals surface area contributed by atoms with Crippen LogP contribution in [0.3, 0.4) is 0 Å². The van der Waals surface area contributed by atoms with Gasteiger partial charge >= 0.3 is 29.6 Å². The number of para-hydroxylation sites is 1. The quantitative estimate of drug-likeness (QED) is 0.559. The van der Waals surface area contributed by atoms with Crippen molar-refractivity contribution >= 4 is 16.9 Å². The Bertz CT molecular complexity index is 928. The summed E-state index contributed by atoms with van der Waals surface area (Å²) in [5.41, 5.74) is 1.16. The molecule has 0 aliphatic heterocycles. The van der Waals surface area contributed by atoms with E-state index in [1.807, 2.05) is 0 Å². The van der Waals surface area contributed by atoms with Crippen LogP contribution in [-0.4, -0.2) is 13.1 Å². The molecule has 5 nitrogen and oxygen atoms in total. The first kappa shape index (κ1) is 18.3. The van der Waals surface area contributed by atoms with Crippen LogP contribution < -0.4 is 44.8 Å². The van der Waals surface area contributed by atoms with Gasteiger partial charge in [-0.3, -0.25) is 4.79 Å². The molecule has 24 heavy (non-hydrogen) atoms. The molecule has 0 spiro atoms. The van der Waals surface area contributed by atoms with Gasteiger partial charge in [0.1, 0.15) is 17.1 Å². The number of carboxylic acids is 1. The van der Waals surface area contributed by atoms with Crippen molar-refractivity contribution in [1.82, 2.24) is 0 Å². The molecule has 1 heterocycles. The van der Waals surface area contributed by atoms with Gasteiger partial charge in [-0.2, -0.15) is 0 Å². The molecule has 0 amide bonds. The SMILES string of the molecule is COc1ccc(-c2cc(=O)c3cccc(CC(=O)[O-])c3o2)cc1.[Na+]. The molecule has 1 aromatic heterocycles. The van der Waals surface area contributed by atoms with E-state index >= 15 is 0 Å². The third-order valence-electron chi connectivity index (χ3n) is 3.55. The fourth-order valence-corrected chi connectivity index (χ4v) is 2.43. The van der Waals surface area contributed by atoms with Crippen molar-refractivity contribution in [2.75, 3.05) is 7.11 Å². The van der Waals surface area contributed by atoms with E-state index in [-0.39, 0.29) is 47.0 Å². The Hall–Kier alpha value is -2.08.